The molecule has 0 saturated heterocycles. The lowest BCUT2D eigenvalue weighted by Crippen LogP contribution is -2.20. The highest BCUT2D eigenvalue weighted by molar-refractivity contribution is 6.12. The first kappa shape index (κ1) is 11.5. The number of fused-ring (bicyclic) bond motifs is 1. The highest BCUT2D eigenvalue weighted by Gasteiger charge is 2.31. The Morgan fingerprint density at radius 2 is 2.11 bits per heavy atom. The second-order valence-electron chi connectivity index (χ2n) is 5.94. The monoisotopic (exact) mass is 242 g/mol. The molecule has 94 valence electrons. The van der Waals surface area contributed by atoms with Gasteiger partial charge in [0.05, 0.1) is 12.1 Å². The van der Waals surface area contributed by atoms with Crippen molar-refractivity contribution in [2.75, 3.05) is 5.01 Å². The lowest BCUT2D eigenvalue weighted by Gasteiger charge is -2.20. The normalized spacial score (nSPS) is 21.2. The molecule has 1 heterocycles. The third-order valence-electron chi connectivity index (χ3n) is 4.00. The van der Waals surface area contributed by atoms with Crippen molar-refractivity contribution in [2.45, 2.75) is 45.4 Å². The Labute approximate surface area is 107 Å². The summed E-state index contributed by atoms with van der Waals surface area (Å²) in [6.45, 7) is 6.46. The first-order valence-corrected chi connectivity index (χ1v) is 6.48. The average Bonchev–Trinajstić information content (AvgIpc) is 2.79. The van der Waals surface area contributed by atoms with E-state index in [-0.39, 0.29) is 11.3 Å². The molecular formula is C15H18N2O. The number of rotatable bonds is 1. The molecular weight excluding hydrogens is 224 g/mol. The molecule has 0 unspecified atom stereocenters. The van der Waals surface area contributed by atoms with Gasteiger partial charge in [0.1, 0.15) is 0 Å². The first-order valence-electron chi connectivity index (χ1n) is 6.48. The summed E-state index contributed by atoms with van der Waals surface area (Å²) in [5, 5.41) is 5.84. The van der Waals surface area contributed by atoms with Gasteiger partial charge in [-0.1, -0.05) is 19.9 Å². The number of aryl methyl sites for hydroxylation is 1. The molecule has 0 atom stereocenters. The van der Waals surface area contributed by atoms with Crippen LogP contribution < -0.4 is 5.01 Å². The van der Waals surface area contributed by atoms with E-state index < -0.39 is 0 Å². The highest BCUT2D eigenvalue weighted by Crippen LogP contribution is 2.40. The third-order valence-corrected chi connectivity index (χ3v) is 4.00. The van der Waals surface area contributed by atoms with E-state index >= 15 is 0 Å². The minimum absolute atomic E-state index is 0.0738. The summed E-state index contributed by atoms with van der Waals surface area (Å²) in [4.78, 5) is 11.8. The highest BCUT2D eigenvalue weighted by atomic mass is 16.2. The van der Waals surface area contributed by atoms with E-state index in [0.717, 1.165) is 17.8 Å². The van der Waals surface area contributed by atoms with E-state index in [2.05, 4.69) is 31.1 Å². The van der Waals surface area contributed by atoms with Gasteiger partial charge in [-0.25, -0.2) is 5.01 Å². The summed E-state index contributed by atoms with van der Waals surface area (Å²) < 4.78 is 0. The Morgan fingerprint density at radius 3 is 2.78 bits per heavy atom. The molecule has 1 aliphatic carbocycles. The molecule has 0 N–H and O–H groups in total. The maximum Gasteiger partial charge on any atom is 0.253 e. The second-order valence-corrected chi connectivity index (χ2v) is 5.94. The van der Waals surface area contributed by atoms with Crippen LogP contribution in [0.15, 0.2) is 23.3 Å². The number of hydrazone groups is 1. The Hall–Kier alpha value is -1.64. The van der Waals surface area contributed by atoms with Gasteiger partial charge in [-0.2, -0.15) is 5.10 Å². The van der Waals surface area contributed by atoms with Gasteiger partial charge in [0.15, 0.2) is 0 Å². The number of nitrogens with zero attached hydrogens (tertiary/aromatic N) is 2. The van der Waals surface area contributed by atoms with Crippen molar-refractivity contribution in [2.24, 2.45) is 5.10 Å². The Morgan fingerprint density at radius 1 is 1.33 bits per heavy atom. The molecule has 0 aromatic heterocycles. The predicted molar refractivity (Wildman–Crippen MR) is 73.0 cm³/mol. The van der Waals surface area contributed by atoms with Crippen LogP contribution in [-0.4, -0.2) is 11.6 Å². The van der Waals surface area contributed by atoms with Crippen LogP contribution in [0.3, 0.4) is 0 Å². The summed E-state index contributed by atoms with van der Waals surface area (Å²) >= 11 is 0. The zero-order valence-electron chi connectivity index (χ0n) is 11.2. The maximum atomic E-state index is 11.8. The van der Waals surface area contributed by atoms with Gasteiger partial charge in [0.2, 0.25) is 0 Å². The van der Waals surface area contributed by atoms with Crippen molar-refractivity contribution in [3.05, 3.63) is 29.3 Å². The Kier molecular flexibility index (Phi) is 2.34. The van der Waals surface area contributed by atoms with Gasteiger partial charge in [-0.05, 0) is 48.4 Å². The first-order chi connectivity index (χ1) is 8.47. The minimum atomic E-state index is 0.0738. The van der Waals surface area contributed by atoms with Gasteiger partial charge in [0.25, 0.3) is 5.91 Å². The number of carbonyl (C=O) groups is 1. The zero-order chi connectivity index (χ0) is 12.9. The lowest BCUT2D eigenvalue weighted by molar-refractivity contribution is -0.116. The molecule has 18 heavy (non-hydrogen) atoms. The topological polar surface area (TPSA) is 32.7 Å². The quantitative estimate of drug-likeness (QED) is 0.745. The van der Waals surface area contributed by atoms with Crippen LogP contribution in [0.5, 0.6) is 0 Å². The molecule has 1 aromatic rings. The molecule has 1 aliphatic heterocycles. The SMILES string of the molecule is CC1=NN(c2ccc3c(c2)CCC3(C)C)C(=O)C1. The number of hydrogen-bond acceptors (Lipinski definition) is 2. The lowest BCUT2D eigenvalue weighted by atomic mass is 9.86. The molecule has 0 saturated carbocycles. The molecule has 3 nitrogen and oxygen atoms in total. The molecule has 1 amide bonds. The Bertz CT molecular complexity index is 558. The fraction of sp³-hybridized carbons (Fsp3) is 0.467. The molecule has 0 fully saturated rings. The summed E-state index contributed by atoms with van der Waals surface area (Å²) in [6.07, 6.45) is 2.73. The second kappa shape index (κ2) is 3.67. The fourth-order valence-electron chi connectivity index (χ4n) is 2.92. The molecule has 3 rings (SSSR count). The molecule has 0 radical (unpaired) electrons. The van der Waals surface area contributed by atoms with Crippen molar-refractivity contribution >= 4 is 17.3 Å². The van der Waals surface area contributed by atoms with Crippen LogP contribution in [-0.2, 0) is 16.6 Å². The molecule has 0 spiro atoms. The zero-order valence-corrected chi connectivity index (χ0v) is 11.2. The third kappa shape index (κ3) is 1.65. The van der Waals surface area contributed by atoms with E-state index in [1.807, 2.05) is 13.0 Å². The van der Waals surface area contributed by atoms with Gasteiger partial charge < -0.3 is 0 Å². The molecule has 2 aliphatic rings. The average molecular weight is 242 g/mol. The summed E-state index contributed by atoms with van der Waals surface area (Å²) in [7, 11) is 0. The van der Waals surface area contributed by atoms with Crippen LogP contribution in [0.4, 0.5) is 5.69 Å². The summed E-state index contributed by atoms with van der Waals surface area (Å²) in [5.41, 5.74) is 4.85. The van der Waals surface area contributed by atoms with Crippen LogP contribution in [0.25, 0.3) is 0 Å². The number of amides is 1. The van der Waals surface area contributed by atoms with Gasteiger partial charge >= 0.3 is 0 Å². The number of benzene rings is 1. The van der Waals surface area contributed by atoms with Crippen molar-refractivity contribution in [3.8, 4) is 0 Å². The molecule has 0 bridgehead atoms. The van der Waals surface area contributed by atoms with Crippen LogP contribution in [0.1, 0.15) is 44.7 Å². The van der Waals surface area contributed by atoms with Crippen LogP contribution >= 0.6 is 0 Å². The van der Waals surface area contributed by atoms with Gasteiger partial charge in [0, 0.05) is 5.71 Å². The molecule has 3 heteroatoms. The van der Waals surface area contributed by atoms with Crippen molar-refractivity contribution in [3.63, 3.8) is 0 Å². The standard InChI is InChI=1S/C15H18N2O/c1-10-8-14(18)17(16-10)12-4-5-13-11(9-12)6-7-15(13,2)3/h4-5,9H,6-8H2,1-3H3. The smallest absolute Gasteiger partial charge is 0.253 e. The largest absolute Gasteiger partial charge is 0.272 e. The van der Waals surface area contributed by atoms with Gasteiger partial charge in [-0.3, -0.25) is 4.79 Å². The Balaban J connectivity index is 2.00. The van der Waals surface area contributed by atoms with E-state index in [1.54, 1.807) is 5.01 Å². The van der Waals surface area contributed by atoms with E-state index in [1.165, 1.54) is 17.5 Å². The van der Waals surface area contributed by atoms with Gasteiger partial charge in [-0.15, -0.1) is 0 Å². The van der Waals surface area contributed by atoms with Crippen molar-refractivity contribution in [1.29, 1.82) is 0 Å². The predicted octanol–water partition coefficient (Wildman–Crippen LogP) is 3.02. The maximum absolute atomic E-state index is 11.8. The fourth-order valence-corrected chi connectivity index (χ4v) is 2.92. The van der Waals surface area contributed by atoms with E-state index in [0.29, 0.717) is 6.42 Å². The number of carbonyl (C=O) groups excluding carboxylic acids is 1. The number of anilines is 1. The van der Waals surface area contributed by atoms with E-state index in [9.17, 15) is 4.79 Å². The van der Waals surface area contributed by atoms with E-state index in [4.69, 9.17) is 0 Å². The summed E-state index contributed by atoms with van der Waals surface area (Å²) in [5.74, 6) is 0.0738. The van der Waals surface area contributed by atoms with Crippen LogP contribution in [0.2, 0.25) is 0 Å². The van der Waals surface area contributed by atoms with Crippen molar-refractivity contribution in [1.82, 2.24) is 0 Å². The molecule has 1 aromatic carbocycles. The van der Waals surface area contributed by atoms with Crippen molar-refractivity contribution < 1.29 is 4.79 Å². The summed E-state index contributed by atoms with van der Waals surface area (Å²) in [6, 6.07) is 6.31. The minimum Gasteiger partial charge on any atom is -0.272 e. The van der Waals surface area contributed by atoms with Crippen LogP contribution in [0, 0.1) is 0 Å². The number of hydrogen-bond donors (Lipinski definition) is 0.